The fourth-order valence-corrected chi connectivity index (χ4v) is 11.6. The van der Waals surface area contributed by atoms with E-state index in [0.29, 0.717) is 23.4 Å². The summed E-state index contributed by atoms with van der Waals surface area (Å²) in [4.78, 5) is 15.1. The summed E-state index contributed by atoms with van der Waals surface area (Å²) in [6.45, 7) is 7.15. The van der Waals surface area contributed by atoms with Gasteiger partial charge < -0.3 is 0 Å². The van der Waals surface area contributed by atoms with Gasteiger partial charge in [-0.1, -0.05) is 155 Å². The third kappa shape index (κ3) is 4.99. The van der Waals surface area contributed by atoms with Crippen LogP contribution in [0.25, 0.3) is 67.5 Å². The molecule has 7 aromatic rings. The number of hydrogen-bond donors (Lipinski definition) is 0. The highest BCUT2D eigenvalue weighted by atomic mass is 15.0. The molecule has 2 saturated carbocycles. The summed E-state index contributed by atoms with van der Waals surface area (Å²) in [6.07, 6.45) is 8.10. The molecule has 4 unspecified atom stereocenters. The zero-order chi connectivity index (χ0) is 37.6. The van der Waals surface area contributed by atoms with E-state index in [1.165, 1.54) is 83.0 Å². The van der Waals surface area contributed by atoms with E-state index >= 15 is 0 Å². The predicted molar refractivity (Wildman–Crippen MR) is 229 cm³/mol. The maximum Gasteiger partial charge on any atom is 0.164 e. The molecular weight excluding hydrogens is 679 g/mol. The molecule has 4 aliphatic carbocycles. The fourth-order valence-electron chi connectivity index (χ4n) is 11.6. The van der Waals surface area contributed by atoms with Gasteiger partial charge in [0.25, 0.3) is 0 Å². The first-order chi connectivity index (χ1) is 27.4. The molecule has 0 radical (unpaired) electrons. The summed E-state index contributed by atoms with van der Waals surface area (Å²) in [5.41, 5.74) is 17.0. The van der Waals surface area contributed by atoms with Crippen molar-refractivity contribution in [1.29, 1.82) is 0 Å². The lowest BCUT2D eigenvalue weighted by Gasteiger charge is -2.51. The van der Waals surface area contributed by atoms with Crippen molar-refractivity contribution in [3.63, 3.8) is 0 Å². The molecule has 1 heterocycles. The molecule has 0 saturated heterocycles. The zero-order valence-electron chi connectivity index (χ0n) is 32.6. The Labute approximate surface area is 331 Å². The van der Waals surface area contributed by atoms with Crippen LogP contribution in [0.5, 0.6) is 0 Å². The monoisotopic (exact) mass is 725 g/mol. The van der Waals surface area contributed by atoms with E-state index in [1.807, 2.05) is 36.4 Å². The van der Waals surface area contributed by atoms with Gasteiger partial charge in [0.2, 0.25) is 0 Å². The fraction of sp³-hybridized carbons (Fsp3) is 0.264. The van der Waals surface area contributed by atoms with Crippen LogP contribution in [0, 0.1) is 17.8 Å². The topological polar surface area (TPSA) is 38.7 Å². The van der Waals surface area contributed by atoms with Gasteiger partial charge in [-0.2, -0.15) is 0 Å². The molecule has 0 N–H and O–H groups in total. The van der Waals surface area contributed by atoms with Crippen LogP contribution in [0.4, 0.5) is 0 Å². The summed E-state index contributed by atoms with van der Waals surface area (Å²) < 4.78 is 0. The van der Waals surface area contributed by atoms with Crippen LogP contribution in [0.15, 0.2) is 140 Å². The van der Waals surface area contributed by atoms with Crippen molar-refractivity contribution in [2.24, 2.45) is 17.8 Å². The summed E-state index contributed by atoms with van der Waals surface area (Å²) >= 11 is 0. The summed E-state index contributed by atoms with van der Waals surface area (Å²) in [6, 6.07) is 51.3. The van der Waals surface area contributed by atoms with Gasteiger partial charge in [-0.3, -0.25) is 0 Å². The second-order valence-electron chi connectivity index (χ2n) is 17.5. The number of fused-ring (bicyclic) bond motifs is 11. The van der Waals surface area contributed by atoms with E-state index in [4.69, 9.17) is 15.0 Å². The molecule has 3 nitrogen and oxygen atoms in total. The first-order valence-corrected chi connectivity index (χ1v) is 20.8. The van der Waals surface area contributed by atoms with E-state index in [2.05, 4.69) is 124 Å². The largest absolute Gasteiger partial charge is 0.208 e. The Bertz CT molecular complexity index is 2600. The molecule has 2 fully saturated rings. The van der Waals surface area contributed by atoms with Crippen LogP contribution in [0.3, 0.4) is 0 Å². The number of benzene rings is 6. The molecule has 11 rings (SSSR count). The van der Waals surface area contributed by atoms with Gasteiger partial charge in [-0.05, 0) is 118 Å². The Morgan fingerprint density at radius 2 is 1.07 bits per heavy atom. The second-order valence-corrected chi connectivity index (χ2v) is 17.5. The van der Waals surface area contributed by atoms with Crippen LogP contribution in [0.1, 0.15) is 81.5 Å². The highest BCUT2D eigenvalue weighted by Crippen LogP contribution is 2.64. The average Bonchev–Trinajstić information content (AvgIpc) is 3.67. The van der Waals surface area contributed by atoms with Crippen LogP contribution in [-0.4, -0.2) is 15.0 Å². The van der Waals surface area contributed by atoms with Gasteiger partial charge in [-0.25, -0.2) is 15.0 Å². The van der Waals surface area contributed by atoms with Crippen molar-refractivity contribution in [1.82, 2.24) is 15.0 Å². The Hall–Kier alpha value is -5.67. The van der Waals surface area contributed by atoms with Crippen LogP contribution in [0.2, 0.25) is 0 Å². The summed E-state index contributed by atoms with van der Waals surface area (Å²) in [7, 11) is 0. The highest BCUT2D eigenvalue weighted by molar-refractivity contribution is 5.95. The SMILES string of the molecule is CCC1CC2CCC3(c4ccccc4-c4c(-c5ccc6c(c5)-c5cc(-c7nc(-c8ccccc8)nc(-c8ccccc8)n7)ccc5C6(C)C)cccc43)C(C1)C2. The van der Waals surface area contributed by atoms with Gasteiger partial charge >= 0.3 is 0 Å². The smallest absolute Gasteiger partial charge is 0.164 e. The molecule has 4 atom stereocenters. The molecule has 274 valence electrons. The lowest BCUT2D eigenvalue weighted by Crippen LogP contribution is -2.44. The van der Waals surface area contributed by atoms with Crippen molar-refractivity contribution >= 4 is 0 Å². The van der Waals surface area contributed by atoms with Crippen LogP contribution >= 0.6 is 0 Å². The maximum absolute atomic E-state index is 5.09. The van der Waals surface area contributed by atoms with Crippen LogP contribution < -0.4 is 0 Å². The quantitative estimate of drug-likeness (QED) is 0.177. The molecule has 6 aromatic carbocycles. The average molecular weight is 726 g/mol. The lowest BCUT2D eigenvalue weighted by atomic mass is 9.53. The molecule has 1 spiro atoms. The minimum atomic E-state index is -0.129. The molecule has 3 heteroatoms. The van der Waals surface area contributed by atoms with Crippen molar-refractivity contribution in [3.8, 4) is 67.5 Å². The Kier molecular flexibility index (Phi) is 7.62. The first-order valence-electron chi connectivity index (χ1n) is 20.8. The van der Waals surface area contributed by atoms with E-state index in [-0.39, 0.29) is 10.8 Å². The van der Waals surface area contributed by atoms with Gasteiger partial charge in [0, 0.05) is 27.5 Å². The van der Waals surface area contributed by atoms with E-state index in [1.54, 1.807) is 11.1 Å². The summed E-state index contributed by atoms with van der Waals surface area (Å²) in [5, 5.41) is 0. The van der Waals surface area contributed by atoms with Crippen molar-refractivity contribution in [2.75, 3.05) is 0 Å². The molecule has 0 amide bonds. The molecule has 2 bridgehead atoms. The molecule has 56 heavy (non-hydrogen) atoms. The third-order valence-electron chi connectivity index (χ3n) is 14.3. The van der Waals surface area contributed by atoms with E-state index in [9.17, 15) is 0 Å². The maximum atomic E-state index is 5.09. The minimum absolute atomic E-state index is 0.119. The number of rotatable bonds is 5. The van der Waals surface area contributed by atoms with Gasteiger partial charge in [0.1, 0.15) is 0 Å². The number of aromatic nitrogens is 3. The van der Waals surface area contributed by atoms with Crippen molar-refractivity contribution < 1.29 is 0 Å². The normalized spacial score (nSPS) is 22.3. The van der Waals surface area contributed by atoms with Crippen molar-refractivity contribution in [3.05, 3.63) is 162 Å². The van der Waals surface area contributed by atoms with E-state index in [0.717, 1.165) is 28.5 Å². The molecule has 4 aliphatic rings. The van der Waals surface area contributed by atoms with Crippen LogP contribution in [-0.2, 0) is 10.8 Å². The number of hydrogen-bond acceptors (Lipinski definition) is 3. The van der Waals surface area contributed by atoms with Gasteiger partial charge in [-0.15, -0.1) is 0 Å². The lowest BCUT2D eigenvalue weighted by molar-refractivity contribution is 0.0778. The predicted octanol–water partition coefficient (Wildman–Crippen LogP) is 13.3. The standard InChI is InChI=1S/C53H47N3/c1-4-33-28-34-26-27-53(39(29-33)30-34)46-20-12-11-18-41(46)48-40(19-13-21-47(48)53)37-22-24-44-42(31-37)43-32-38(23-25-45(43)52(44,2)3)51-55-49(35-14-7-5-8-15-35)54-50(56-51)36-16-9-6-10-17-36/h5-25,31-34,39H,4,26-30H2,1-3H3. The van der Waals surface area contributed by atoms with Crippen molar-refractivity contribution in [2.45, 2.75) is 70.1 Å². The minimum Gasteiger partial charge on any atom is -0.208 e. The molecular formula is C53H47N3. The highest BCUT2D eigenvalue weighted by Gasteiger charge is 2.53. The van der Waals surface area contributed by atoms with Gasteiger partial charge in [0.15, 0.2) is 17.5 Å². The van der Waals surface area contributed by atoms with Gasteiger partial charge in [0.05, 0.1) is 0 Å². The first kappa shape index (κ1) is 33.6. The molecule has 1 aromatic heterocycles. The Balaban J connectivity index is 1.05. The second kappa shape index (κ2) is 12.7. The van der Waals surface area contributed by atoms with E-state index < -0.39 is 0 Å². The summed E-state index contributed by atoms with van der Waals surface area (Å²) in [5.74, 6) is 4.51. The number of nitrogens with zero attached hydrogens (tertiary/aromatic N) is 3. The Morgan fingerprint density at radius 1 is 0.500 bits per heavy atom. The zero-order valence-corrected chi connectivity index (χ0v) is 32.6. The Morgan fingerprint density at radius 3 is 1.75 bits per heavy atom. The molecule has 0 aliphatic heterocycles. The third-order valence-corrected chi connectivity index (χ3v) is 14.3.